The predicted octanol–water partition coefficient (Wildman–Crippen LogP) is 6.62. The number of piperidine rings is 1. The molecule has 5 nitrogen and oxygen atoms in total. The third-order valence-electron chi connectivity index (χ3n) is 6.78. The van der Waals surface area contributed by atoms with Crippen molar-refractivity contribution in [1.29, 1.82) is 0 Å². The highest BCUT2D eigenvalue weighted by atomic mass is 32.1. The summed E-state index contributed by atoms with van der Waals surface area (Å²) in [6, 6.07) is 12.6. The van der Waals surface area contributed by atoms with Crippen molar-refractivity contribution in [1.82, 2.24) is 10.1 Å². The number of nitrogens with zero attached hydrogens (tertiary/aromatic N) is 2. The van der Waals surface area contributed by atoms with Gasteiger partial charge in [-0.1, -0.05) is 11.2 Å². The molecule has 0 N–H and O–H groups in total. The van der Waals surface area contributed by atoms with Crippen LogP contribution in [0.4, 0.5) is 4.39 Å². The molecule has 4 aromatic rings. The van der Waals surface area contributed by atoms with Crippen molar-refractivity contribution in [3.05, 3.63) is 81.4 Å². The van der Waals surface area contributed by atoms with Crippen LogP contribution in [0.1, 0.15) is 59.3 Å². The van der Waals surface area contributed by atoms with Crippen LogP contribution in [0.5, 0.6) is 5.75 Å². The molecule has 1 fully saturated rings. The Morgan fingerprint density at radius 1 is 1.17 bits per heavy atom. The van der Waals surface area contributed by atoms with Gasteiger partial charge in [0.05, 0.1) is 11.3 Å². The Morgan fingerprint density at radius 3 is 2.80 bits per heavy atom. The number of ketones is 1. The van der Waals surface area contributed by atoms with Gasteiger partial charge in [-0.2, -0.15) is 11.3 Å². The fourth-order valence-electron chi connectivity index (χ4n) is 4.83. The Labute approximate surface area is 208 Å². The van der Waals surface area contributed by atoms with E-state index < -0.39 is 0 Å². The van der Waals surface area contributed by atoms with E-state index in [-0.39, 0.29) is 11.6 Å². The van der Waals surface area contributed by atoms with Gasteiger partial charge in [-0.15, -0.1) is 0 Å². The molecule has 0 aliphatic carbocycles. The van der Waals surface area contributed by atoms with Crippen LogP contribution in [0.25, 0.3) is 11.0 Å². The SMILES string of the molecule is CC(=O)c1ccc(CCCN2CCC(c3noc4cc(F)ccc34)CC2)cc1OCc1ccsc1. The van der Waals surface area contributed by atoms with E-state index in [1.165, 1.54) is 17.7 Å². The monoisotopic (exact) mass is 492 g/mol. The number of likely N-dealkylation sites (tertiary alicyclic amines) is 1. The van der Waals surface area contributed by atoms with E-state index in [1.807, 2.05) is 29.6 Å². The van der Waals surface area contributed by atoms with Gasteiger partial charge in [-0.3, -0.25) is 4.79 Å². The number of fused-ring (bicyclic) bond motifs is 1. The smallest absolute Gasteiger partial charge is 0.170 e. The number of ether oxygens (including phenoxy) is 1. The Morgan fingerprint density at radius 2 is 2.03 bits per heavy atom. The second-order valence-electron chi connectivity index (χ2n) is 9.23. The first-order chi connectivity index (χ1) is 17.1. The van der Waals surface area contributed by atoms with Crippen LogP contribution >= 0.6 is 11.3 Å². The molecular formula is C28H29FN2O3S. The molecule has 1 saturated heterocycles. The normalized spacial score (nSPS) is 15.0. The van der Waals surface area contributed by atoms with Gasteiger partial charge in [0.2, 0.25) is 0 Å². The highest BCUT2D eigenvalue weighted by molar-refractivity contribution is 7.07. The Hall–Kier alpha value is -3.03. The lowest BCUT2D eigenvalue weighted by Crippen LogP contribution is -2.34. The molecule has 0 saturated carbocycles. The molecule has 35 heavy (non-hydrogen) atoms. The fraction of sp³-hybridized carbons (Fsp3) is 0.357. The van der Waals surface area contributed by atoms with E-state index >= 15 is 0 Å². The van der Waals surface area contributed by atoms with Gasteiger partial charge >= 0.3 is 0 Å². The zero-order valence-electron chi connectivity index (χ0n) is 19.8. The molecule has 5 rings (SSSR count). The van der Waals surface area contributed by atoms with Gasteiger partial charge in [-0.25, -0.2) is 4.39 Å². The standard InChI is InChI=1S/C28H29FN2O3S/c1-19(32)24-6-4-20(15-26(24)33-17-21-10-14-35-18-21)3-2-11-31-12-8-22(9-13-31)28-25-7-5-23(29)16-27(25)34-30-28/h4-7,10,14-16,18,22H,2-3,8-9,11-13,17H2,1H3. The molecule has 0 bridgehead atoms. The molecular weight excluding hydrogens is 463 g/mol. The van der Waals surface area contributed by atoms with Gasteiger partial charge in [-0.05, 0) is 104 Å². The summed E-state index contributed by atoms with van der Waals surface area (Å²) in [6.07, 6.45) is 4.02. The number of carbonyl (C=O) groups excluding carboxylic acids is 1. The van der Waals surface area contributed by atoms with E-state index in [0.29, 0.717) is 29.4 Å². The fourth-order valence-corrected chi connectivity index (χ4v) is 5.48. The topological polar surface area (TPSA) is 55.6 Å². The second-order valence-corrected chi connectivity index (χ2v) is 10.0. The van der Waals surface area contributed by atoms with Gasteiger partial charge in [0.1, 0.15) is 18.2 Å². The van der Waals surface area contributed by atoms with Gasteiger partial charge < -0.3 is 14.2 Å². The summed E-state index contributed by atoms with van der Waals surface area (Å²) < 4.78 is 24.8. The average Bonchev–Trinajstić information content (AvgIpc) is 3.53. The maximum Gasteiger partial charge on any atom is 0.170 e. The lowest BCUT2D eigenvalue weighted by molar-refractivity contribution is 0.101. The van der Waals surface area contributed by atoms with Gasteiger partial charge in [0.25, 0.3) is 0 Å². The van der Waals surface area contributed by atoms with Crippen LogP contribution in [-0.4, -0.2) is 35.5 Å². The van der Waals surface area contributed by atoms with Crippen molar-refractivity contribution >= 4 is 28.1 Å². The third kappa shape index (κ3) is 5.63. The maximum absolute atomic E-state index is 13.4. The van der Waals surface area contributed by atoms with Crippen LogP contribution < -0.4 is 4.74 Å². The minimum Gasteiger partial charge on any atom is -0.488 e. The van der Waals surface area contributed by atoms with Crippen LogP contribution in [0.3, 0.4) is 0 Å². The predicted molar refractivity (Wildman–Crippen MR) is 136 cm³/mol. The van der Waals surface area contributed by atoms with E-state index in [9.17, 15) is 9.18 Å². The number of aromatic nitrogens is 1. The molecule has 3 heterocycles. The van der Waals surface area contributed by atoms with E-state index in [2.05, 4.69) is 15.4 Å². The quantitative estimate of drug-likeness (QED) is 0.246. The minimum absolute atomic E-state index is 0.0183. The molecule has 0 amide bonds. The maximum atomic E-state index is 13.4. The Bertz CT molecular complexity index is 1290. The van der Waals surface area contributed by atoms with Gasteiger partial charge in [0.15, 0.2) is 11.4 Å². The van der Waals surface area contributed by atoms with Crippen LogP contribution in [0.2, 0.25) is 0 Å². The summed E-state index contributed by atoms with van der Waals surface area (Å²) in [5.74, 6) is 0.735. The average molecular weight is 493 g/mol. The summed E-state index contributed by atoms with van der Waals surface area (Å²) in [5.41, 5.74) is 4.42. The van der Waals surface area contributed by atoms with Crippen molar-refractivity contribution in [2.24, 2.45) is 0 Å². The summed E-state index contributed by atoms with van der Waals surface area (Å²) in [7, 11) is 0. The number of halogens is 1. The molecule has 2 aromatic carbocycles. The molecule has 0 radical (unpaired) electrons. The number of thiophene rings is 1. The van der Waals surface area contributed by atoms with Gasteiger partial charge in [0, 0.05) is 17.4 Å². The third-order valence-corrected chi connectivity index (χ3v) is 7.51. The molecule has 0 unspecified atom stereocenters. The summed E-state index contributed by atoms with van der Waals surface area (Å²) >= 11 is 1.64. The molecule has 182 valence electrons. The largest absolute Gasteiger partial charge is 0.488 e. The van der Waals surface area contributed by atoms with Crippen molar-refractivity contribution in [2.45, 2.75) is 45.1 Å². The summed E-state index contributed by atoms with van der Waals surface area (Å²) in [4.78, 5) is 14.5. The zero-order valence-corrected chi connectivity index (χ0v) is 20.7. The lowest BCUT2D eigenvalue weighted by Gasteiger charge is -2.31. The number of Topliss-reactive ketones (excluding diaryl/α,β-unsaturated/α-hetero) is 1. The van der Waals surface area contributed by atoms with E-state index in [1.54, 1.807) is 24.3 Å². The van der Waals surface area contributed by atoms with E-state index in [4.69, 9.17) is 9.26 Å². The number of hydrogen-bond donors (Lipinski definition) is 0. The Balaban J connectivity index is 1.13. The summed E-state index contributed by atoms with van der Waals surface area (Å²) in [6.45, 7) is 5.10. The molecule has 0 spiro atoms. The molecule has 7 heteroatoms. The number of rotatable bonds is 9. The first kappa shape index (κ1) is 23.7. The van der Waals surface area contributed by atoms with Crippen molar-refractivity contribution < 1.29 is 18.4 Å². The van der Waals surface area contributed by atoms with Crippen molar-refractivity contribution in [3.8, 4) is 5.75 Å². The molecule has 2 aromatic heterocycles. The van der Waals surface area contributed by atoms with Crippen molar-refractivity contribution in [2.75, 3.05) is 19.6 Å². The highest BCUT2D eigenvalue weighted by Gasteiger charge is 2.25. The lowest BCUT2D eigenvalue weighted by atomic mass is 9.91. The Kier molecular flexibility index (Phi) is 7.25. The number of benzene rings is 2. The van der Waals surface area contributed by atoms with E-state index in [0.717, 1.165) is 62.0 Å². The summed E-state index contributed by atoms with van der Waals surface area (Å²) in [5, 5.41) is 9.26. The van der Waals surface area contributed by atoms with Crippen molar-refractivity contribution in [3.63, 3.8) is 0 Å². The second kappa shape index (κ2) is 10.7. The number of hydrogen-bond acceptors (Lipinski definition) is 6. The molecule has 1 aliphatic rings. The van der Waals surface area contributed by atoms with Crippen LogP contribution in [0, 0.1) is 5.82 Å². The first-order valence-corrected chi connectivity index (χ1v) is 13.1. The molecule has 1 aliphatic heterocycles. The highest BCUT2D eigenvalue weighted by Crippen LogP contribution is 2.33. The van der Waals surface area contributed by atoms with Crippen LogP contribution in [-0.2, 0) is 13.0 Å². The zero-order chi connectivity index (χ0) is 24.2. The first-order valence-electron chi connectivity index (χ1n) is 12.1. The molecule has 0 atom stereocenters. The number of carbonyl (C=O) groups is 1. The van der Waals surface area contributed by atoms with Crippen LogP contribution in [0.15, 0.2) is 57.7 Å². The minimum atomic E-state index is -0.299. The number of aryl methyl sites for hydroxylation is 1.